The van der Waals surface area contributed by atoms with Crippen LogP contribution < -0.4 is 10.2 Å². The molecule has 1 aliphatic heterocycles. The summed E-state index contributed by atoms with van der Waals surface area (Å²) in [7, 11) is 0. The van der Waals surface area contributed by atoms with E-state index in [1.807, 2.05) is 0 Å². The number of hydrogen-bond donors (Lipinski definition) is 1. The van der Waals surface area contributed by atoms with E-state index in [2.05, 4.69) is 5.32 Å². The van der Waals surface area contributed by atoms with Crippen molar-refractivity contribution in [3.05, 3.63) is 28.8 Å². The Bertz CT molecular complexity index is 443. The number of imide groups is 1. The van der Waals surface area contributed by atoms with Crippen LogP contribution in [0.4, 0.5) is 5.69 Å². The van der Waals surface area contributed by atoms with E-state index in [1.165, 1.54) is 4.90 Å². The molecule has 4 nitrogen and oxygen atoms in total. The van der Waals surface area contributed by atoms with Crippen molar-refractivity contribution < 1.29 is 9.59 Å². The molecular weight excluding hydrogens is 228 g/mol. The van der Waals surface area contributed by atoms with E-state index in [0.717, 1.165) is 5.56 Å². The molecule has 0 aromatic heterocycles. The van der Waals surface area contributed by atoms with Crippen molar-refractivity contribution in [1.29, 1.82) is 0 Å². The van der Waals surface area contributed by atoms with Gasteiger partial charge in [-0.15, -0.1) is 0 Å². The largest absolute Gasteiger partial charge is 0.300 e. The second-order valence-corrected chi connectivity index (χ2v) is 4.02. The normalized spacial score (nSPS) is 16.8. The molecule has 1 heterocycles. The van der Waals surface area contributed by atoms with Gasteiger partial charge in [-0.1, -0.05) is 17.7 Å². The lowest BCUT2D eigenvalue weighted by atomic mass is 10.1. The summed E-state index contributed by atoms with van der Waals surface area (Å²) in [5.41, 5.74) is 1.32. The van der Waals surface area contributed by atoms with Gasteiger partial charge < -0.3 is 0 Å². The van der Waals surface area contributed by atoms with Gasteiger partial charge in [0.1, 0.15) is 0 Å². The van der Waals surface area contributed by atoms with Crippen LogP contribution in [0.1, 0.15) is 5.56 Å². The molecule has 0 bridgehead atoms. The first-order chi connectivity index (χ1) is 7.61. The van der Waals surface area contributed by atoms with Crippen LogP contribution >= 0.6 is 11.6 Å². The zero-order chi connectivity index (χ0) is 11.7. The van der Waals surface area contributed by atoms with Gasteiger partial charge in [0.15, 0.2) is 0 Å². The third-order valence-corrected chi connectivity index (χ3v) is 2.94. The first kappa shape index (κ1) is 11.1. The molecule has 0 saturated carbocycles. The van der Waals surface area contributed by atoms with Crippen LogP contribution in [0, 0.1) is 6.92 Å². The number of rotatable bonds is 1. The lowest BCUT2D eigenvalue weighted by molar-refractivity contribution is -0.127. The molecule has 2 rings (SSSR count). The van der Waals surface area contributed by atoms with Crippen LogP contribution in [-0.2, 0) is 9.59 Å². The lowest BCUT2D eigenvalue weighted by Gasteiger charge is -2.27. The van der Waals surface area contributed by atoms with Crippen molar-refractivity contribution >= 4 is 29.1 Å². The Morgan fingerprint density at radius 1 is 1.25 bits per heavy atom. The van der Waals surface area contributed by atoms with Gasteiger partial charge in [0.25, 0.3) is 0 Å². The number of benzene rings is 1. The van der Waals surface area contributed by atoms with E-state index in [0.29, 0.717) is 10.7 Å². The van der Waals surface area contributed by atoms with Gasteiger partial charge in [-0.25, -0.2) is 4.90 Å². The van der Waals surface area contributed by atoms with Gasteiger partial charge in [0.05, 0.1) is 18.8 Å². The Hall–Kier alpha value is -1.39. The maximum absolute atomic E-state index is 11.7. The molecule has 1 aliphatic rings. The highest BCUT2D eigenvalue weighted by molar-refractivity contribution is 6.32. The molecule has 0 unspecified atom stereocenters. The van der Waals surface area contributed by atoms with Crippen LogP contribution in [0.2, 0.25) is 5.02 Å². The number of piperazine rings is 1. The van der Waals surface area contributed by atoms with Gasteiger partial charge in [0.2, 0.25) is 11.8 Å². The molecule has 2 amide bonds. The fraction of sp³-hybridized carbons (Fsp3) is 0.273. The molecule has 0 radical (unpaired) electrons. The minimum Gasteiger partial charge on any atom is -0.300 e. The standard InChI is InChI=1S/C11H11ClN2O2/c1-7-8(12)3-2-4-9(7)14-10(15)5-13-6-11(14)16/h2-4,13H,5-6H2,1H3. The third-order valence-electron chi connectivity index (χ3n) is 2.53. The van der Waals surface area contributed by atoms with Crippen LogP contribution in [0.5, 0.6) is 0 Å². The minimum atomic E-state index is -0.249. The molecule has 16 heavy (non-hydrogen) atoms. The number of anilines is 1. The highest BCUT2D eigenvalue weighted by Crippen LogP contribution is 2.27. The molecule has 1 fully saturated rings. The van der Waals surface area contributed by atoms with Crippen molar-refractivity contribution in [2.75, 3.05) is 18.0 Å². The molecule has 0 spiro atoms. The fourth-order valence-corrected chi connectivity index (χ4v) is 1.85. The van der Waals surface area contributed by atoms with Crippen molar-refractivity contribution in [2.45, 2.75) is 6.92 Å². The van der Waals surface area contributed by atoms with Gasteiger partial charge in [-0.05, 0) is 24.6 Å². The molecule has 84 valence electrons. The maximum Gasteiger partial charge on any atom is 0.247 e. The smallest absolute Gasteiger partial charge is 0.247 e. The van der Waals surface area contributed by atoms with E-state index in [1.54, 1.807) is 25.1 Å². The average Bonchev–Trinajstić information content (AvgIpc) is 2.24. The fourth-order valence-electron chi connectivity index (χ4n) is 1.68. The Balaban J connectivity index is 2.46. The predicted octanol–water partition coefficient (Wildman–Crippen LogP) is 1.11. The SMILES string of the molecule is Cc1c(Cl)cccc1N1C(=O)CNCC1=O. The number of halogens is 1. The molecule has 0 atom stereocenters. The number of carbonyl (C=O) groups excluding carboxylic acids is 2. The zero-order valence-electron chi connectivity index (χ0n) is 8.79. The summed E-state index contributed by atoms with van der Waals surface area (Å²) in [5.74, 6) is -0.497. The number of nitrogens with one attached hydrogen (secondary N) is 1. The summed E-state index contributed by atoms with van der Waals surface area (Å²) in [5, 5.41) is 3.30. The van der Waals surface area contributed by atoms with Crippen molar-refractivity contribution in [3.8, 4) is 0 Å². The summed E-state index contributed by atoms with van der Waals surface area (Å²) in [4.78, 5) is 24.5. The summed E-state index contributed by atoms with van der Waals surface area (Å²) in [6.07, 6.45) is 0. The van der Waals surface area contributed by atoms with Crippen LogP contribution in [0.15, 0.2) is 18.2 Å². The molecular formula is C11H11ClN2O2. The van der Waals surface area contributed by atoms with Crippen LogP contribution in [-0.4, -0.2) is 24.9 Å². The van der Waals surface area contributed by atoms with Crippen LogP contribution in [0.3, 0.4) is 0 Å². The second kappa shape index (κ2) is 4.23. The Kier molecular flexibility index (Phi) is 2.94. The third kappa shape index (κ3) is 1.81. The first-order valence-electron chi connectivity index (χ1n) is 4.93. The number of carbonyl (C=O) groups is 2. The highest BCUT2D eigenvalue weighted by atomic mass is 35.5. The Labute approximate surface area is 98.2 Å². The maximum atomic E-state index is 11.7. The monoisotopic (exact) mass is 238 g/mol. The summed E-state index contributed by atoms with van der Waals surface area (Å²) < 4.78 is 0. The minimum absolute atomic E-state index is 0.178. The molecule has 1 N–H and O–H groups in total. The summed E-state index contributed by atoms with van der Waals surface area (Å²) >= 11 is 5.96. The summed E-state index contributed by atoms with van der Waals surface area (Å²) in [6.45, 7) is 2.15. The highest BCUT2D eigenvalue weighted by Gasteiger charge is 2.28. The Morgan fingerprint density at radius 3 is 2.50 bits per heavy atom. The van der Waals surface area contributed by atoms with Crippen molar-refractivity contribution in [3.63, 3.8) is 0 Å². The molecule has 5 heteroatoms. The molecule has 0 aliphatic carbocycles. The number of amides is 2. The van der Waals surface area contributed by atoms with E-state index in [9.17, 15) is 9.59 Å². The molecule has 1 aromatic rings. The predicted molar refractivity (Wildman–Crippen MR) is 61.6 cm³/mol. The topological polar surface area (TPSA) is 49.4 Å². The van der Waals surface area contributed by atoms with E-state index < -0.39 is 0 Å². The zero-order valence-corrected chi connectivity index (χ0v) is 9.54. The Morgan fingerprint density at radius 2 is 1.88 bits per heavy atom. The van der Waals surface area contributed by atoms with Gasteiger partial charge in [-0.3, -0.25) is 14.9 Å². The molecule has 1 aromatic carbocycles. The first-order valence-corrected chi connectivity index (χ1v) is 5.30. The van der Waals surface area contributed by atoms with Gasteiger partial charge in [0, 0.05) is 5.02 Å². The average molecular weight is 239 g/mol. The van der Waals surface area contributed by atoms with Crippen molar-refractivity contribution in [2.24, 2.45) is 0 Å². The second-order valence-electron chi connectivity index (χ2n) is 3.61. The van der Waals surface area contributed by atoms with E-state index in [4.69, 9.17) is 11.6 Å². The molecule has 1 saturated heterocycles. The van der Waals surface area contributed by atoms with Gasteiger partial charge in [-0.2, -0.15) is 0 Å². The van der Waals surface area contributed by atoms with Gasteiger partial charge >= 0.3 is 0 Å². The lowest BCUT2D eigenvalue weighted by Crippen LogP contribution is -2.52. The van der Waals surface area contributed by atoms with Crippen molar-refractivity contribution in [1.82, 2.24) is 5.32 Å². The number of nitrogens with zero attached hydrogens (tertiary/aromatic N) is 1. The van der Waals surface area contributed by atoms with Crippen LogP contribution in [0.25, 0.3) is 0 Å². The summed E-state index contributed by atoms with van der Waals surface area (Å²) in [6, 6.07) is 5.19. The number of hydrogen-bond acceptors (Lipinski definition) is 3. The quantitative estimate of drug-likeness (QED) is 0.746. The van der Waals surface area contributed by atoms with E-state index >= 15 is 0 Å². The van der Waals surface area contributed by atoms with E-state index in [-0.39, 0.29) is 24.9 Å².